The molecule has 27 heavy (non-hydrogen) atoms. The second-order valence-electron chi connectivity index (χ2n) is 7.43. The number of carbonyl (C=O) groups is 1. The Labute approximate surface area is 161 Å². The fourth-order valence-corrected chi connectivity index (χ4v) is 5.78. The zero-order valence-electron chi connectivity index (χ0n) is 15.7. The van der Waals surface area contributed by atoms with Gasteiger partial charge in [-0.25, -0.2) is 4.79 Å². The third-order valence-corrected chi connectivity index (χ3v) is 7.62. The first-order valence-corrected chi connectivity index (χ1v) is 10.9. The van der Waals surface area contributed by atoms with Crippen molar-refractivity contribution < 1.29 is 23.1 Å². The lowest BCUT2D eigenvalue weighted by Gasteiger charge is -2.38. The first kappa shape index (κ1) is 20.3. The molecule has 8 heteroatoms. The van der Waals surface area contributed by atoms with Gasteiger partial charge < -0.3 is 9.84 Å². The molecule has 1 atom stereocenters. The van der Waals surface area contributed by atoms with E-state index in [1.54, 1.807) is 33.9 Å². The number of piperidine rings is 2. The number of carboxylic acid groups (broad SMARTS) is 1. The molecule has 2 aliphatic heterocycles. The van der Waals surface area contributed by atoms with Crippen LogP contribution < -0.4 is 0 Å². The minimum absolute atomic E-state index is 0.0267. The van der Waals surface area contributed by atoms with E-state index in [9.17, 15) is 18.3 Å². The van der Waals surface area contributed by atoms with Crippen LogP contribution in [0.15, 0.2) is 24.3 Å². The fourth-order valence-electron chi connectivity index (χ4n) is 4.06. The minimum Gasteiger partial charge on any atom is -0.478 e. The summed E-state index contributed by atoms with van der Waals surface area (Å²) in [7, 11) is -1.80. The van der Waals surface area contributed by atoms with E-state index in [1.165, 1.54) is 0 Å². The molecule has 0 unspecified atom stereocenters. The highest BCUT2D eigenvalue weighted by atomic mass is 32.2. The van der Waals surface area contributed by atoms with Crippen LogP contribution >= 0.6 is 0 Å². The van der Waals surface area contributed by atoms with Crippen molar-refractivity contribution >= 4 is 16.2 Å². The standard InChI is InChI=1S/C19H28N2O5S/c1-26-14-15-7-10-20(11-8-15)27(24,25)21-9-3-6-18(13-21)16-4-2-5-17(12-16)19(22)23/h2,4-5,12,15,18H,3,6-11,13-14H2,1H3,(H,22,23)/t18-/m1/s1. The Morgan fingerprint density at radius 2 is 1.93 bits per heavy atom. The fraction of sp³-hybridized carbons (Fsp3) is 0.632. The first-order chi connectivity index (χ1) is 12.9. The number of aromatic carboxylic acids is 1. The number of rotatable bonds is 6. The lowest BCUT2D eigenvalue weighted by molar-refractivity contribution is 0.0696. The number of nitrogens with zero attached hydrogens (tertiary/aromatic N) is 2. The molecule has 2 aliphatic rings. The number of carboxylic acids is 1. The number of hydrogen-bond acceptors (Lipinski definition) is 4. The van der Waals surface area contributed by atoms with Gasteiger partial charge in [-0.15, -0.1) is 0 Å². The van der Waals surface area contributed by atoms with Gasteiger partial charge in [0.05, 0.1) is 5.56 Å². The van der Waals surface area contributed by atoms with Gasteiger partial charge in [-0.2, -0.15) is 17.0 Å². The Balaban J connectivity index is 1.68. The van der Waals surface area contributed by atoms with Gasteiger partial charge >= 0.3 is 5.97 Å². The molecule has 0 aliphatic carbocycles. The molecule has 0 bridgehead atoms. The van der Waals surface area contributed by atoms with Crippen molar-refractivity contribution in [1.29, 1.82) is 0 Å². The predicted molar refractivity (Wildman–Crippen MR) is 102 cm³/mol. The highest BCUT2D eigenvalue weighted by molar-refractivity contribution is 7.86. The SMILES string of the molecule is COCC1CCN(S(=O)(=O)N2CCC[C@@H](c3cccc(C(=O)O)c3)C2)CC1. The summed E-state index contributed by atoms with van der Waals surface area (Å²) >= 11 is 0. The van der Waals surface area contributed by atoms with Gasteiger partial charge in [0.2, 0.25) is 0 Å². The zero-order chi connectivity index (χ0) is 19.4. The van der Waals surface area contributed by atoms with E-state index in [0.717, 1.165) is 31.2 Å². The van der Waals surface area contributed by atoms with E-state index in [4.69, 9.17) is 4.74 Å². The smallest absolute Gasteiger partial charge is 0.335 e. The summed E-state index contributed by atoms with van der Waals surface area (Å²) in [6.07, 6.45) is 3.29. The van der Waals surface area contributed by atoms with Crippen molar-refractivity contribution in [3.05, 3.63) is 35.4 Å². The monoisotopic (exact) mass is 396 g/mol. The van der Waals surface area contributed by atoms with E-state index in [-0.39, 0.29) is 11.5 Å². The second-order valence-corrected chi connectivity index (χ2v) is 9.36. The molecule has 150 valence electrons. The van der Waals surface area contributed by atoms with Crippen LogP contribution in [-0.2, 0) is 14.9 Å². The van der Waals surface area contributed by atoms with Gasteiger partial charge in [-0.05, 0) is 55.2 Å². The molecule has 1 N–H and O–H groups in total. The van der Waals surface area contributed by atoms with E-state index in [2.05, 4.69) is 0 Å². The van der Waals surface area contributed by atoms with Crippen LogP contribution in [0.2, 0.25) is 0 Å². The summed E-state index contributed by atoms with van der Waals surface area (Å²) in [6.45, 7) is 2.68. The first-order valence-electron chi connectivity index (χ1n) is 9.49. The van der Waals surface area contributed by atoms with Crippen LogP contribution in [0.1, 0.15) is 47.5 Å². The largest absolute Gasteiger partial charge is 0.478 e. The van der Waals surface area contributed by atoms with Gasteiger partial charge in [0.25, 0.3) is 10.2 Å². The van der Waals surface area contributed by atoms with Crippen molar-refractivity contribution in [1.82, 2.24) is 8.61 Å². The normalized spacial score (nSPS) is 23.4. The Hall–Kier alpha value is -1.48. The Bertz CT molecular complexity index is 759. The Morgan fingerprint density at radius 3 is 2.59 bits per heavy atom. The molecule has 3 rings (SSSR count). The van der Waals surface area contributed by atoms with Crippen LogP contribution in [0.25, 0.3) is 0 Å². The number of hydrogen-bond donors (Lipinski definition) is 1. The molecule has 1 aromatic rings. The molecule has 2 fully saturated rings. The molecular formula is C19H28N2O5S. The lowest BCUT2D eigenvalue weighted by Crippen LogP contribution is -2.50. The van der Waals surface area contributed by atoms with E-state index >= 15 is 0 Å². The average molecular weight is 397 g/mol. The molecule has 7 nitrogen and oxygen atoms in total. The van der Waals surface area contributed by atoms with Crippen molar-refractivity contribution in [2.75, 3.05) is 39.9 Å². The van der Waals surface area contributed by atoms with Crippen LogP contribution in [-0.4, -0.2) is 68.0 Å². The summed E-state index contributed by atoms with van der Waals surface area (Å²) < 4.78 is 34.5. The van der Waals surface area contributed by atoms with Crippen molar-refractivity contribution in [3.8, 4) is 0 Å². The summed E-state index contributed by atoms with van der Waals surface area (Å²) in [5.74, 6) is -0.510. The molecule has 0 aromatic heterocycles. The zero-order valence-corrected chi connectivity index (χ0v) is 16.5. The number of ether oxygens (including phenoxy) is 1. The molecule has 2 saturated heterocycles. The summed E-state index contributed by atoms with van der Waals surface area (Å²) in [5.41, 5.74) is 1.14. The van der Waals surface area contributed by atoms with Crippen molar-refractivity contribution in [2.24, 2.45) is 5.92 Å². The summed E-state index contributed by atoms with van der Waals surface area (Å²) in [4.78, 5) is 11.2. The van der Waals surface area contributed by atoms with Gasteiger partial charge in [-0.1, -0.05) is 12.1 Å². The second kappa shape index (κ2) is 8.68. The maximum Gasteiger partial charge on any atom is 0.335 e. The van der Waals surface area contributed by atoms with Gasteiger partial charge in [0.1, 0.15) is 0 Å². The Kier molecular flexibility index (Phi) is 6.52. The minimum atomic E-state index is -3.48. The quantitative estimate of drug-likeness (QED) is 0.796. The highest BCUT2D eigenvalue weighted by Crippen LogP contribution is 2.31. The maximum atomic E-state index is 13.1. The van der Waals surface area contributed by atoms with Gasteiger partial charge in [0.15, 0.2) is 0 Å². The Morgan fingerprint density at radius 1 is 1.19 bits per heavy atom. The van der Waals surface area contributed by atoms with Crippen LogP contribution in [0, 0.1) is 5.92 Å². The topological polar surface area (TPSA) is 87.2 Å². The number of benzene rings is 1. The molecule has 0 spiro atoms. The van der Waals surface area contributed by atoms with Crippen molar-refractivity contribution in [2.45, 2.75) is 31.6 Å². The summed E-state index contributed by atoms with van der Waals surface area (Å²) in [5, 5.41) is 9.20. The molecule has 0 amide bonds. The molecule has 2 heterocycles. The maximum absolute atomic E-state index is 13.1. The molecule has 1 aromatic carbocycles. The molecular weight excluding hydrogens is 368 g/mol. The lowest BCUT2D eigenvalue weighted by atomic mass is 9.91. The van der Waals surface area contributed by atoms with E-state index < -0.39 is 16.2 Å². The highest BCUT2D eigenvalue weighted by Gasteiger charge is 2.36. The van der Waals surface area contributed by atoms with E-state index in [1.807, 2.05) is 6.07 Å². The van der Waals surface area contributed by atoms with Crippen LogP contribution in [0.5, 0.6) is 0 Å². The summed E-state index contributed by atoms with van der Waals surface area (Å²) in [6, 6.07) is 6.85. The van der Waals surface area contributed by atoms with Gasteiger partial charge in [0, 0.05) is 39.9 Å². The van der Waals surface area contributed by atoms with Crippen molar-refractivity contribution in [3.63, 3.8) is 0 Å². The van der Waals surface area contributed by atoms with E-state index in [0.29, 0.717) is 38.7 Å². The van der Waals surface area contributed by atoms with Gasteiger partial charge in [-0.3, -0.25) is 0 Å². The molecule has 0 radical (unpaired) electrons. The average Bonchev–Trinajstić information content (AvgIpc) is 2.69. The third kappa shape index (κ3) is 4.68. The van der Waals surface area contributed by atoms with Crippen LogP contribution in [0.4, 0.5) is 0 Å². The molecule has 0 saturated carbocycles. The predicted octanol–water partition coefficient (Wildman–Crippen LogP) is 2.17. The number of methoxy groups -OCH3 is 1. The van der Waals surface area contributed by atoms with Crippen LogP contribution in [0.3, 0.4) is 0 Å². The third-order valence-electron chi connectivity index (χ3n) is 5.62.